The highest BCUT2D eigenvalue weighted by Crippen LogP contribution is 2.38. The molecule has 2 N–H and O–H groups in total. The standard InChI is InChI=1S/C28H34FNO3/c1-18(2)30-24-9-7-6-8-23(24)27(19-10-12-20(29)13-11-19)25(30)15-14-21(31)16-22(32)17-26(33)28(3,4)5/h6-15,18,21-22,31-32H,16-17H2,1-5H3/b15-14+/t21?,22-/m0/s1. The molecule has 0 aliphatic carbocycles. The van der Waals surface area contributed by atoms with E-state index < -0.39 is 17.6 Å². The Balaban J connectivity index is 1.97. The molecular formula is C28H34FNO3. The van der Waals surface area contributed by atoms with Crippen molar-refractivity contribution >= 4 is 22.8 Å². The maximum Gasteiger partial charge on any atom is 0.140 e. The van der Waals surface area contributed by atoms with Crippen LogP contribution in [0.4, 0.5) is 4.39 Å². The Morgan fingerprint density at radius 2 is 1.70 bits per heavy atom. The Labute approximate surface area is 195 Å². The minimum Gasteiger partial charge on any atom is -0.393 e. The van der Waals surface area contributed by atoms with E-state index in [9.17, 15) is 19.4 Å². The van der Waals surface area contributed by atoms with Crippen molar-refractivity contribution in [2.45, 2.75) is 65.7 Å². The summed E-state index contributed by atoms with van der Waals surface area (Å²) < 4.78 is 15.8. The molecule has 1 aromatic heterocycles. The summed E-state index contributed by atoms with van der Waals surface area (Å²) in [5.74, 6) is -0.331. The van der Waals surface area contributed by atoms with Crippen molar-refractivity contribution in [2.75, 3.05) is 0 Å². The van der Waals surface area contributed by atoms with Gasteiger partial charge in [-0.05, 0) is 43.7 Å². The number of hydrogen-bond donors (Lipinski definition) is 2. The summed E-state index contributed by atoms with van der Waals surface area (Å²) in [6.45, 7) is 9.65. The fourth-order valence-electron chi connectivity index (χ4n) is 4.09. The van der Waals surface area contributed by atoms with Gasteiger partial charge in [0, 0.05) is 46.5 Å². The number of aliphatic hydroxyl groups is 2. The first kappa shape index (κ1) is 24.9. The minimum absolute atomic E-state index is 0.0154. The zero-order chi connectivity index (χ0) is 24.3. The molecule has 4 nitrogen and oxygen atoms in total. The van der Waals surface area contributed by atoms with Crippen LogP contribution in [0.15, 0.2) is 54.6 Å². The van der Waals surface area contributed by atoms with Crippen LogP contribution in [0.1, 0.15) is 59.2 Å². The molecule has 0 aliphatic rings. The number of halogens is 1. The van der Waals surface area contributed by atoms with E-state index >= 15 is 0 Å². The number of para-hydroxylation sites is 1. The highest BCUT2D eigenvalue weighted by Gasteiger charge is 2.25. The molecule has 3 aromatic rings. The van der Waals surface area contributed by atoms with E-state index in [0.717, 1.165) is 27.7 Å². The number of fused-ring (bicyclic) bond motifs is 1. The lowest BCUT2D eigenvalue weighted by molar-refractivity contribution is -0.128. The van der Waals surface area contributed by atoms with Crippen LogP contribution in [0.3, 0.4) is 0 Å². The number of hydrogen-bond acceptors (Lipinski definition) is 3. The number of nitrogens with zero attached hydrogens (tertiary/aromatic N) is 1. The lowest BCUT2D eigenvalue weighted by Gasteiger charge is -2.20. The van der Waals surface area contributed by atoms with Gasteiger partial charge in [0.1, 0.15) is 11.6 Å². The Hall–Kier alpha value is -2.76. The first-order valence-electron chi connectivity index (χ1n) is 11.5. The first-order chi connectivity index (χ1) is 15.5. The van der Waals surface area contributed by atoms with Crippen molar-refractivity contribution in [1.82, 2.24) is 4.57 Å². The van der Waals surface area contributed by atoms with Gasteiger partial charge >= 0.3 is 0 Å². The van der Waals surface area contributed by atoms with Crippen LogP contribution >= 0.6 is 0 Å². The van der Waals surface area contributed by atoms with Crippen molar-refractivity contribution < 1.29 is 19.4 Å². The van der Waals surface area contributed by atoms with Crippen LogP contribution in [-0.4, -0.2) is 32.8 Å². The second-order valence-electron chi connectivity index (χ2n) is 9.94. The van der Waals surface area contributed by atoms with Crippen LogP contribution in [0, 0.1) is 11.2 Å². The molecule has 0 saturated carbocycles. The fraction of sp³-hybridized carbons (Fsp3) is 0.393. The van der Waals surface area contributed by atoms with E-state index in [-0.39, 0.29) is 30.5 Å². The van der Waals surface area contributed by atoms with E-state index in [1.807, 2.05) is 45.0 Å². The fourth-order valence-corrected chi connectivity index (χ4v) is 4.09. The molecule has 2 atom stereocenters. The van der Waals surface area contributed by atoms with Gasteiger partial charge in [-0.2, -0.15) is 0 Å². The zero-order valence-electron chi connectivity index (χ0n) is 20.0. The number of benzene rings is 2. The molecule has 0 spiro atoms. The zero-order valence-corrected chi connectivity index (χ0v) is 20.0. The van der Waals surface area contributed by atoms with Gasteiger partial charge in [0.2, 0.25) is 0 Å². The average molecular weight is 452 g/mol. The van der Waals surface area contributed by atoms with Gasteiger partial charge in [-0.15, -0.1) is 0 Å². The number of Topliss-reactive ketones (excluding diaryl/α,β-unsaturated/α-hetero) is 1. The largest absolute Gasteiger partial charge is 0.393 e. The molecule has 1 unspecified atom stereocenters. The Morgan fingerprint density at radius 3 is 2.30 bits per heavy atom. The quantitative estimate of drug-likeness (QED) is 0.431. The number of aliphatic hydroxyl groups excluding tert-OH is 2. The third-order valence-corrected chi connectivity index (χ3v) is 5.85. The van der Waals surface area contributed by atoms with Crippen molar-refractivity contribution in [3.8, 4) is 11.1 Å². The van der Waals surface area contributed by atoms with Gasteiger partial charge in [0.25, 0.3) is 0 Å². The molecule has 3 rings (SSSR count). The summed E-state index contributed by atoms with van der Waals surface area (Å²) in [6, 6.07) is 14.6. The SMILES string of the molecule is CC(C)n1c(/C=C/C(O)C[C@H](O)CC(=O)C(C)(C)C)c(-c2ccc(F)cc2)c2ccccc21. The topological polar surface area (TPSA) is 62.5 Å². The molecule has 1 heterocycles. The Bertz CT molecular complexity index is 1140. The van der Waals surface area contributed by atoms with Crippen molar-refractivity contribution in [1.29, 1.82) is 0 Å². The predicted molar refractivity (Wildman–Crippen MR) is 132 cm³/mol. The number of aromatic nitrogens is 1. The Kier molecular flexibility index (Phi) is 7.55. The third kappa shape index (κ3) is 5.79. The summed E-state index contributed by atoms with van der Waals surface area (Å²) in [5.41, 5.74) is 3.28. The smallest absolute Gasteiger partial charge is 0.140 e. The summed E-state index contributed by atoms with van der Waals surface area (Å²) >= 11 is 0. The maximum atomic E-state index is 13.6. The Morgan fingerprint density at radius 1 is 1.06 bits per heavy atom. The van der Waals surface area contributed by atoms with E-state index in [4.69, 9.17) is 0 Å². The molecule has 5 heteroatoms. The molecule has 0 radical (unpaired) electrons. The predicted octanol–water partition coefficient (Wildman–Crippen LogP) is 6.16. The highest BCUT2D eigenvalue weighted by atomic mass is 19.1. The van der Waals surface area contributed by atoms with Crippen LogP contribution in [0.5, 0.6) is 0 Å². The van der Waals surface area contributed by atoms with E-state index in [0.29, 0.717) is 0 Å². The van der Waals surface area contributed by atoms with Gasteiger partial charge < -0.3 is 14.8 Å². The van der Waals surface area contributed by atoms with Crippen LogP contribution in [0.2, 0.25) is 0 Å². The second-order valence-corrected chi connectivity index (χ2v) is 9.94. The van der Waals surface area contributed by atoms with Gasteiger partial charge in [-0.3, -0.25) is 4.79 Å². The molecule has 0 amide bonds. The average Bonchev–Trinajstić information content (AvgIpc) is 3.06. The van der Waals surface area contributed by atoms with Crippen LogP contribution < -0.4 is 0 Å². The minimum atomic E-state index is -0.913. The van der Waals surface area contributed by atoms with Gasteiger partial charge in [-0.1, -0.05) is 57.2 Å². The van der Waals surface area contributed by atoms with Crippen LogP contribution in [-0.2, 0) is 4.79 Å². The van der Waals surface area contributed by atoms with E-state index in [1.54, 1.807) is 18.2 Å². The molecule has 33 heavy (non-hydrogen) atoms. The van der Waals surface area contributed by atoms with Crippen molar-refractivity contribution in [3.05, 3.63) is 66.1 Å². The van der Waals surface area contributed by atoms with Gasteiger partial charge in [0.15, 0.2) is 0 Å². The normalized spacial score (nSPS) is 14.3. The number of ketones is 1. The number of carbonyl (C=O) groups excluding carboxylic acids is 1. The third-order valence-electron chi connectivity index (χ3n) is 5.85. The molecular weight excluding hydrogens is 417 g/mol. The lowest BCUT2D eigenvalue weighted by atomic mass is 9.87. The summed E-state index contributed by atoms with van der Waals surface area (Å²) in [7, 11) is 0. The monoisotopic (exact) mass is 451 g/mol. The highest BCUT2D eigenvalue weighted by molar-refractivity contribution is 6.01. The molecule has 0 bridgehead atoms. The summed E-state index contributed by atoms with van der Waals surface area (Å²) in [4.78, 5) is 12.2. The van der Waals surface area contributed by atoms with Crippen molar-refractivity contribution in [3.63, 3.8) is 0 Å². The second kappa shape index (κ2) is 10.0. The van der Waals surface area contributed by atoms with Gasteiger partial charge in [0.05, 0.1) is 12.2 Å². The summed E-state index contributed by atoms with van der Waals surface area (Å²) in [6.07, 6.45) is 1.79. The molecule has 176 valence electrons. The van der Waals surface area contributed by atoms with E-state index in [1.165, 1.54) is 12.1 Å². The number of rotatable bonds is 8. The van der Waals surface area contributed by atoms with Crippen molar-refractivity contribution in [2.24, 2.45) is 5.41 Å². The van der Waals surface area contributed by atoms with Gasteiger partial charge in [-0.25, -0.2) is 4.39 Å². The molecule has 2 aromatic carbocycles. The molecule has 0 fully saturated rings. The van der Waals surface area contributed by atoms with E-state index in [2.05, 4.69) is 24.5 Å². The molecule has 0 aliphatic heterocycles. The number of carbonyl (C=O) groups is 1. The maximum absolute atomic E-state index is 13.6. The molecule has 0 saturated heterocycles. The summed E-state index contributed by atoms with van der Waals surface area (Å²) in [5, 5.41) is 21.9. The van der Waals surface area contributed by atoms with Crippen LogP contribution in [0.25, 0.3) is 28.1 Å². The lowest BCUT2D eigenvalue weighted by Crippen LogP contribution is -2.27. The first-order valence-corrected chi connectivity index (χ1v) is 11.5.